The molecule has 4 aromatic rings. The predicted octanol–water partition coefficient (Wildman–Crippen LogP) is 9.59. The van der Waals surface area contributed by atoms with Gasteiger partial charge in [-0.1, -0.05) is 88.4 Å². The zero-order chi connectivity index (χ0) is 52.4. The number of ketones is 4. The molecule has 72 heavy (non-hydrogen) atoms. The van der Waals surface area contributed by atoms with Crippen LogP contribution in [0.1, 0.15) is 29.5 Å². The molecule has 364 valence electrons. The summed E-state index contributed by atoms with van der Waals surface area (Å²) in [6, 6.07) is 23.1. The van der Waals surface area contributed by atoms with Gasteiger partial charge in [0.15, 0.2) is 23.1 Å². The molecule has 17 nitrogen and oxygen atoms in total. The summed E-state index contributed by atoms with van der Waals surface area (Å²) in [5.41, 5.74) is 3.45. The number of ether oxygens (including phenoxy) is 2. The molecule has 25 heteroatoms. The Morgan fingerprint density at radius 2 is 0.958 bits per heavy atom. The highest BCUT2D eigenvalue weighted by Gasteiger charge is 2.32. The number of carbonyl (C=O) groups is 6. The number of dihydropyridines is 2. The van der Waals surface area contributed by atoms with Crippen molar-refractivity contribution < 1.29 is 43.3 Å². The molecule has 8 rings (SSSR count). The fourth-order valence-corrected chi connectivity index (χ4v) is 7.67. The smallest absolute Gasteiger partial charge is 0.369 e. The first kappa shape index (κ1) is 55.0. The van der Waals surface area contributed by atoms with Crippen LogP contribution in [0.5, 0.6) is 17.2 Å². The van der Waals surface area contributed by atoms with Crippen molar-refractivity contribution in [2.45, 2.75) is 32.6 Å². The first-order valence-electron chi connectivity index (χ1n) is 20.6. The molecule has 0 aliphatic carbocycles. The number of aromatic hydroxyl groups is 1. The molecule has 0 unspecified atom stereocenters. The minimum absolute atomic E-state index is 0.0222. The van der Waals surface area contributed by atoms with Gasteiger partial charge in [-0.05, 0) is 54.4 Å². The highest BCUT2D eigenvalue weighted by molar-refractivity contribution is 9.69. The lowest BCUT2D eigenvalue weighted by Crippen LogP contribution is -2.36. The maximum atomic E-state index is 12.3. The van der Waals surface area contributed by atoms with Crippen molar-refractivity contribution in [1.29, 1.82) is 10.5 Å². The maximum absolute atomic E-state index is 12.3. The van der Waals surface area contributed by atoms with Gasteiger partial charge in [-0.3, -0.25) is 28.8 Å². The first-order chi connectivity index (χ1) is 34.2. The number of hydrogen-bond donors (Lipinski definition) is 1. The highest BCUT2D eigenvalue weighted by atomic mass is 79.9. The van der Waals surface area contributed by atoms with Gasteiger partial charge in [0.2, 0.25) is 34.8 Å². The molecule has 4 aliphatic rings. The monoisotopic (exact) mass is 1240 g/mol. The number of nitrogens with zero attached hydrogens (tertiary/aromatic N) is 8. The Bertz CT molecular complexity index is 2950. The average Bonchev–Trinajstić information content (AvgIpc) is 3.32. The number of halogens is 7. The van der Waals surface area contributed by atoms with Crippen LogP contribution in [-0.2, 0) is 41.6 Å². The molecule has 4 aromatic carbocycles. The third kappa shape index (κ3) is 14.4. The van der Waals surface area contributed by atoms with Gasteiger partial charge in [0.25, 0.3) is 11.8 Å². The molecule has 0 spiro atoms. The van der Waals surface area contributed by atoms with Gasteiger partial charge in [-0.25, -0.2) is 9.98 Å². The number of phenols is 1. The van der Waals surface area contributed by atoms with Gasteiger partial charge >= 0.3 is 3.18 Å². The Hall–Kier alpha value is -6.30. The van der Waals surface area contributed by atoms with Crippen LogP contribution < -0.4 is 19.5 Å². The summed E-state index contributed by atoms with van der Waals surface area (Å²) in [6.45, 7) is 1.80. The third-order valence-corrected chi connectivity index (χ3v) is 11.1. The van der Waals surface area contributed by atoms with E-state index in [0.29, 0.717) is 24.0 Å². The standard InChI is InChI=1S/C24H16Cl2N4O4.C23H14Cl2N4O5.BBr3/c1-13-2-4-14(5-3-13)6-15-7-22(28-12-21(15)32)34-24-17(25)8-16(9-18(24)26)30-23(33)10-20(31)19(11-27)29-30;24-16-7-14(29-22(33)9-19(31)18(10-26)28-29)8-17(25)23(16)34-21-6-13(20(32)11-27-21)5-12-1-3-15(30)4-2-12;2-1(3)4/h2-5,7-9H,6,10,12H2,1H3;1-4,6-8,30H,5,9,11H2;. The molecule has 0 radical (unpaired) electrons. The van der Waals surface area contributed by atoms with Gasteiger partial charge in [0.1, 0.15) is 31.0 Å². The van der Waals surface area contributed by atoms with Crippen LogP contribution >= 0.6 is 93.7 Å². The molecule has 4 heterocycles. The Morgan fingerprint density at radius 1 is 0.611 bits per heavy atom. The van der Waals surface area contributed by atoms with E-state index in [1.54, 1.807) is 30.3 Å². The summed E-state index contributed by atoms with van der Waals surface area (Å²) in [4.78, 5) is 80.7. The number of amides is 2. The van der Waals surface area contributed by atoms with Crippen LogP contribution in [0.2, 0.25) is 20.1 Å². The zero-order valence-electron chi connectivity index (χ0n) is 36.8. The first-order valence-corrected chi connectivity index (χ1v) is 24.8. The number of aryl methyl sites for hydroxylation is 1. The van der Waals surface area contributed by atoms with Crippen LogP contribution in [0.15, 0.2) is 116 Å². The summed E-state index contributed by atoms with van der Waals surface area (Å²) < 4.78 is 11.8. The van der Waals surface area contributed by atoms with Crippen LogP contribution in [-0.4, -0.2) is 79.5 Å². The summed E-state index contributed by atoms with van der Waals surface area (Å²) >= 11 is 34.7. The second-order valence-electron chi connectivity index (χ2n) is 15.2. The predicted molar refractivity (Wildman–Crippen MR) is 285 cm³/mol. The van der Waals surface area contributed by atoms with Crippen molar-refractivity contribution in [2.75, 3.05) is 23.1 Å². The lowest BCUT2D eigenvalue weighted by molar-refractivity contribution is -0.126. The topological polar surface area (TPSA) is 245 Å². The number of rotatable bonds is 8. The number of benzene rings is 4. The summed E-state index contributed by atoms with van der Waals surface area (Å²) in [7, 11) is 0. The van der Waals surface area contributed by atoms with Gasteiger partial charge in [0.05, 0.1) is 44.3 Å². The fraction of sp³-hybridized carbons (Fsp3) is 0.149. The van der Waals surface area contributed by atoms with Crippen molar-refractivity contribution in [3.05, 3.63) is 133 Å². The molecule has 0 saturated heterocycles. The van der Waals surface area contributed by atoms with Crippen LogP contribution in [0.3, 0.4) is 0 Å². The number of anilines is 2. The normalized spacial score (nSPS) is 15.5. The minimum atomic E-state index is -0.666. The van der Waals surface area contributed by atoms with E-state index < -0.39 is 41.9 Å². The fourth-order valence-electron chi connectivity index (χ4n) is 6.56. The molecule has 0 aromatic heterocycles. The highest BCUT2D eigenvalue weighted by Crippen LogP contribution is 2.40. The maximum Gasteiger partial charge on any atom is 0.369 e. The molecule has 1 N–H and O–H groups in total. The largest absolute Gasteiger partial charge is 0.508 e. The van der Waals surface area contributed by atoms with Crippen molar-refractivity contribution in [1.82, 2.24) is 0 Å². The molecular weight excluding hydrogens is 1210 g/mol. The van der Waals surface area contributed by atoms with Crippen molar-refractivity contribution in [3.8, 4) is 29.4 Å². The zero-order valence-corrected chi connectivity index (χ0v) is 44.6. The van der Waals surface area contributed by atoms with Crippen molar-refractivity contribution in [3.63, 3.8) is 0 Å². The molecule has 0 saturated carbocycles. The minimum Gasteiger partial charge on any atom is -0.508 e. The Morgan fingerprint density at radius 3 is 1.31 bits per heavy atom. The quantitative estimate of drug-likeness (QED) is 0.129. The number of carbonyl (C=O) groups excluding carboxylic acids is 6. The van der Waals surface area contributed by atoms with Crippen LogP contribution in [0, 0.1) is 29.6 Å². The molecule has 0 fully saturated rings. The molecule has 2 amide bonds. The van der Waals surface area contributed by atoms with E-state index in [4.69, 9.17) is 66.4 Å². The average molecular weight is 1240 g/mol. The van der Waals surface area contributed by atoms with E-state index in [-0.39, 0.29) is 94.1 Å². The second kappa shape index (κ2) is 24.9. The van der Waals surface area contributed by atoms with E-state index in [2.05, 4.69) is 67.5 Å². The molecular formula is C47H30BBr3Cl4N8O9. The van der Waals surface area contributed by atoms with Crippen LogP contribution in [0.4, 0.5) is 11.4 Å². The lowest BCUT2D eigenvalue weighted by atomic mass is 9.99. The van der Waals surface area contributed by atoms with Gasteiger partial charge in [0, 0.05) is 36.1 Å². The van der Waals surface area contributed by atoms with E-state index >= 15 is 0 Å². The number of Topliss-reactive ketones (excluding diaryl/α,β-unsaturated/α-hetero) is 4. The number of aliphatic imine (C=N–C) groups is 2. The van der Waals surface area contributed by atoms with Gasteiger partial charge in [-0.2, -0.15) is 30.7 Å². The van der Waals surface area contributed by atoms with Crippen molar-refractivity contribution in [2.24, 2.45) is 20.2 Å². The van der Waals surface area contributed by atoms with E-state index in [1.807, 2.05) is 31.2 Å². The number of hydrogen-bond acceptors (Lipinski definition) is 15. The Labute approximate surface area is 455 Å². The van der Waals surface area contributed by atoms with E-state index in [0.717, 1.165) is 26.7 Å². The number of phenolic OH excluding ortho intramolecular Hbond substituents is 1. The summed E-state index contributed by atoms with van der Waals surface area (Å²) in [5.74, 6) is -2.32. The van der Waals surface area contributed by atoms with E-state index in [9.17, 15) is 33.9 Å². The van der Waals surface area contributed by atoms with Crippen LogP contribution in [0.25, 0.3) is 0 Å². The van der Waals surface area contributed by atoms with Crippen molar-refractivity contribution >= 4 is 166 Å². The van der Waals surface area contributed by atoms with Gasteiger partial charge in [-0.15, -0.1) is 47.3 Å². The lowest BCUT2D eigenvalue weighted by Gasteiger charge is -2.22. The van der Waals surface area contributed by atoms with E-state index in [1.165, 1.54) is 42.5 Å². The number of hydrazone groups is 2. The second-order valence-corrected chi connectivity index (χ2v) is 23.2. The molecule has 0 bridgehead atoms. The third-order valence-electron chi connectivity index (χ3n) is 10.0. The summed E-state index contributed by atoms with van der Waals surface area (Å²) in [6.07, 6.45) is 2.80. The number of nitriles is 2. The molecule has 4 aliphatic heterocycles. The molecule has 0 atom stereocenters. The Balaban J connectivity index is 0.000000219. The summed E-state index contributed by atoms with van der Waals surface area (Å²) in [5, 5.41) is 37.0. The SMILES string of the molecule is BrB(Br)Br.Cc1ccc(CC2=CC(Oc3c(Cl)cc(N4N=C(C#N)C(=O)CC4=O)cc3Cl)=NCC2=O)cc1.N#CC1=NN(c2cc(Cl)c(OC3=NCC(=O)C(Cc4ccc(O)cc4)=C3)c(Cl)c2)C(=O)CC1=O. The Kier molecular flexibility index (Phi) is 19.0. The van der Waals surface area contributed by atoms with Gasteiger partial charge < -0.3 is 14.6 Å².